The van der Waals surface area contributed by atoms with Gasteiger partial charge in [-0.3, -0.25) is 9.69 Å². The molecule has 1 aromatic rings. The molecule has 1 aromatic carbocycles. The molecule has 0 radical (unpaired) electrons. The van der Waals surface area contributed by atoms with E-state index in [1.54, 1.807) is 12.1 Å². The third-order valence-corrected chi connectivity index (χ3v) is 3.79. The molecule has 0 saturated carbocycles. The molecule has 0 spiro atoms. The van der Waals surface area contributed by atoms with Crippen molar-refractivity contribution in [2.45, 2.75) is 25.0 Å². The summed E-state index contributed by atoms with van der Waals surface area (Å²) < 4.78 is 18.7. The third kappa shape index (κ3) is 2.18. The van der Waals surface area contributed by atoms with Crippen LogP contribution in [0.4, 0.5) is 4.39 Å². The molecule has 3 nitrogen and oxygen atoms in total. The number of halogens is 1. The van der Waals surface area contributed by atoms with Crippen molar-refractivity contribution in [3.05, 3.63) is 35.6 Å². The number of benzene rings is 1. The van der Waals surface area contributed by atoms with Crippen LogP contribution in [0, 0.1) is 5.82 Å². The van der Waals surface area contributed by atoms with E-state index in [-0.39, 0.29) is 11.6 Å². The first kappa shape index (κ1) is 11.8. The Bertz CT molecular complexity index is 463. The Kier molecular flexibility index (Phi) is 3.14. The van der Waals surface area contributed by atoms with Crippen molar-refractivity contribution < 1.29 is 13.9 Å². The Morgan fingerprint density at radius 3 is 3.17 bits per heavy atom. The third-order valence-electron chi connectivity index (χ3n) is 3.79. The number of hydrogen-bond donors (Lipinski definition) is 0. The van der Waals surface area contributed by atoms with Crippen LogP contribution in [0.25, 0.3) is 0 Å². The van der Waals surface area contributed by atoms with Crippen molar-refractivity contribution in [1.29, 1.82) is 0 Å². The zero-order valence-electron chi connectivity index (χ0n) is 10.1. The Morgan fingerprint density at radius 1 is 1.44 bits per heavy atom. The monoisotopic (exact) mass is 249 g/mol. The van der Waals surface area contributed by atoms with E-state index in [2.05, 4.69) is 4.90 Å². The van der Waals surface area contributed by atoms with Gasteiger partial charge in [-0.2, -0.15) is 0 Å². The van der Waals surface area contributed by atoms with Crippen LogP contribution in [-0.2, 0) is 4.74 Å². The number of ketones is 1. The summed E-state index contributed by atoms with van der Waals surface area (Å²) >= 11 is 0. The van der Waals surface area contributed by atoms with Crippen LogP contribution >= 0.6 is 0 Å². The summed E-state index contributed by atoms with van der Waals surface area (Å²) in [5.74, 6) is -0.490. The van der Waals surface area contributed by atoms with Crippen molar-refractivity contribution in [3.63, 3.8) is 0 Å². The Labute approximate surface area is 106 Å². The second kappa shape index (κ2) is 4.78. The molecule has 0 aliphatic carbocycles. The van der Waals surface area contributed by atoms with Gasteiger partial charge >= 0.3 is 0 Å². The van der Waals surface area contributed by atoms with Gasteiger partial charge in [-0.05, 0) is 31.5 Å². The molecule has 2 fully saturated rings. The fourth-order valence-corrected chi connectivity index (χ4v) is 2.80. The zero-order valence-corrected chi connectivity index (χ0v) is 10.1. The van der Waals surface area contributed by atoms with Crippen molar-refractivity contribution in [2.24, 2.45) is 0 Å². The van der Waals surface area contributed by atoms with Crippen molar-refractivity contribution in [2.75, 3.05) is 19.7 Å². The van der Waals surface area contributed by atoms with Gasteiger partial charge in [-0.25, -0.2) is 4.39 Å². The molecule has 2 heterocycles. The topological polar surface area (TPSA) is 29.5 Å². The van der Waals surface area contributed by atoms with Crippen molar-refractivity contribution >= 4 is 5.78 Å². The smallest absolute Gasteiger partial charge is 0.192 e. The van der Waals surface area contributed by atoms with Gasteiger partial charge in [-0.15, -0.1) is 0 Å². The number of fused-ring (bicyclic) bond motifs is 1. The molecule has 2 saturated heterocycles. The van der Waals surface area contributed by atoms with E-state index < -0.39 is 6.10 Å². The molecule has 3 rings (SSSR count). The maximum atomic E-state index is 13.1. The lowest BCUT2D eigenvalue weighted by molar-refractivity contribution is -0.0344. The van der Waals surface area contributed by atoms with E-state index in [0.29, 0.717) is 24.8 Å². The van der Waals surface area contributed by atoms with Gasteiger partial charge in [0, 0.05) is 18.2 Å². The quantitative estimate of drug-likeness (QED) is 0.749. The fraction of sp³-hybridized carbons (Fsp3) is 0.500. The molecule has 18 heavy (non-hydrogen) atoms. The lowest BCUT2D eigenvalue weighted by Crippen LogP contribution is -2.49. The Hall–Kier alpha value is -1.26. The van der Waals surface area contributed by atoms with Gasteiger partial charge in [-0.1, -0.05) is 12.1 Å². The Balaban J connectivity index is 1.73. The van der Waals surface area contributed by atoms with E-state index in [0.717, 1.165) is 13.0 Å². The predicted octanol–water partition coefficient (Wildman–Crippen LogP) is 1.87. The van der Waals surface area contributed by atoms with Crippen LogP contribution in [-0.4, -0.2) is 42.5 Å². The SMILES string of the molecule is O=C(c1cccc(F)c1)C1CN2CCCC2CO1. The number of carbonyl (C=O) groups excluding carboxylic acids is 1. The van der Waals surface area contributed by atoms with Crippen LogP contribution in [0.15, 0.2) is 24.3 Å². The predicted molar refractivity (Wildman–Crippen MR) is 65.1 cm³/mol. The lowest BCUT2D eigenvalue weighted by Gasteiger charge is -2.34. The van der Waals surface area contributed by atoms with Gasteiger partial charge < -0.3 is 4.74 Å². The largest absolute Gasteiger partial charge is 0.367 e. The summed E-state index contributed by atoms with van der Waals surface area (Å²) in [6, 6.07) is 6.30. The summed E-state index contributed by atoms with van der Waals surface area (Å²) in [4.78, 5) is 14.5. The van der Waals surface area contributed by atoms with Crippen LogP contribution in [0.2, 0.25) is 0 Å². The molecule has 96 valence electrons. The van der Waals surface area contributed by atoms with Crippen LogP contribution < -0.4 is 0 Å². The highest BCUT2D eigenvalue weighted by atomic mass is 19.1. The number of rotatable bonds is 2. The van der Waals surface area contributed by atoms with Gasteiger partial charge in [0.05, 0.1) is 6.61 Å². The minimum absolute atomic E-state index is 0.111. The normalized spacial score (nSPS) is 28.1. The number of morpholine rings is 1. The molecule has 2 aliphatic rings. The highest BCUT2D eigenvalue weighted by Gasteiger charge is 2.35. The van der Waals surface area contributed by atoms with E-state index in [1.165, 1.54) is 18.6 Å². The van der Waals surface area contributed by atoms with E-state index in [9.17, 15) is 9.18 Å². The molecule has 0 aromatic heterocycles. The second-order valence-electron chi connectivity index (χ2n) is 4.99. The van der Waals surface area contributed by atoms with Crippen LogP contribution in [0.3, 0.4) is 0 Å². The summed E-state index contributed by atoms with van der Waals surface area (Å²) in [6.07, 6.45) is 1.89. The summed E-state index contributed by atoms with van der Waals surface area (Å²) in [7, 11) is 0. The molecule has 4 heteroatoms. The van der Waals surface area contributed by atoms with Gasteiger partial charge in [0.1, 0.15) is 11.9 Å². The molecule has 2 unspecified atom stereocenters. The molecule has 0 bridgehead atoms. The summed E-state index contributed by atoms with van der Waals surface area (Å²) in [5.41, 5.74) is 0.401. The minimum atomic E-state index is -0.443. The van der Waals surface area contributed by atoms with Gasteiger partial charge in [0.15, 0.2) is 5.78 Å². The zero-order chi connectivity index (χ0) is 12.5. The molecular formula is C14H16FNO2. The first-order chi connectivity index (χ1) is 8.74. The van der Waals surface area contributed by atoms with Crippen molar-refractivity contribution in [1.82, 2.24) is 4.90 Å². The van der Waals surface area contributed by atoms with Gasteiger partial charge in [0.25, 0.3) is 0 Å². The summed E-state index contributed by atoms with van der Waals surface area (Å²) in [6.45, 7) is 2.30. The number of hydrogen-bond acceptors (Lipinski definition) is 3. The first-order valence-corrected chi connectivity index (χ1v) is 6.39. The maximum Gasteiger partial charge on any atom is 0.192 e. The second-order valence-corrected chi connectivity index (χ2v) is 4.99. The Morgan fingerprint density at radius 2 is 2.33 bits per heavy atom. The average molecular weight is 249 g/mol. The molecule has 0 N–H and O–H groups in total. The van der Waals surface area contributed by atoms with E-state index in [4.69, 9.17) is 4.74 Å². The molecule has 0 amide bonds. The maximum absolute atomic E-state index is 13.1. The highest BCUT2D eigenvalue weighted by Crippen LogP contribution is 2.24. The molecular weight excluding hydrogens is 233 g/mol. The standard InChI is InChI=1S/C14H16FNO2/c15-11-4-1-3-10(7-11)14(17)13-8-16-6-2-5-12(16)9-18-13/h1,3-4,7,12-13H,2,5-6,8-9H2. The number of Topliss-reactive ketones (excluding diaryl/α,β-unsaturated/α-hetero) is 1. The minimum Gasteiger partial charge on any atom is -0.367 e. The number of carbonyl (C=O) groups is 1. The fourth-order valence-electron chi connectivity index (χ4n) is 2.80. The molecule has 2 atom stereocenters. The van der Waals surface area contributed by atoms with E-state index >= 15 is 0 Å². The molecule has 2 aliphatic heterocycles. The average Bonchev–Trinajstić information content (AvgIpc) is 2.85. The first-order valence-electron chi connectivity index (χ1n) is 6.39. The highest BCUT2D eigenvalue weighted by molar-refractivity contribution is 5.99. The number of nitrogens with zero attached hydrogens (tertiary/aromatic N) is 1. The van der Waals surface area contributed by atoms with Crippen LogP contribution in [0.1, 0.15) is 23.2 Å². The van der Waals surface area contributed by atoms with Crippen LogP contribution in [0.5, 0.6) is 0 Å². The lowest BCUT2D eigenvalue weighted by atomic mass is 10.0. The van der Waals surface area contributed by atoms with E-state index in [1.807, 2.05) is 0 Å². The summed E-state index contributed by atoms with van der Waals surface area (Å²) in [5, 5.41) is 0. The van der Waals surface area contributed by atoms with Crippen molar-refractivity contribution in [3.8, 4) is 0 Å². The van der Waals surface area contributed by atoms with Gasteiger partial charge in [0.2, 0.25) is 0 Å². The number of ether oxygens (including phenoxy) is 1.